The Kier molecular flexibility index (Phi) is 2.97. The highest BCUT2D eigenvalue weighted by Crippen LogP contribution is 2.18. The molecule has 0 N–H and O–H groups in total. The SMILES string of the molecule is [C-]#[N+]C(C#N)=Cc1sccc1C=O. The molecule has 0 saturated carbocycles. The zero-order valence-corrected chi connectivity index (χ0v) is 7.34. The molecule has 4 heteroatoms. The molecular formula is C9H4N2OS. The monoisotopic (exact) mass is 188 g/mol. The Bertz CT molecular complexity index is 415. The summed E-state index contributed by atoms with van der Waals surface area (Å²) in [6.45, 7) is 6.64. The van der Waals surface area contributed by atoms with Crippen molar-refractivity contribution < 1.29 is 4.79 Å². The van der Waals surface area contributed by atoms with Crippen LogP contribution in [0, 0.1) is 17.9 Å². The second-order valence-electron chi connectivity index (χ2n) is 2.11. The Hall–Kier alpha value is -1.91. The van der Waals surface area contributed by atoms with Gasteiger partial charge < -0.3 is 0 Å². The fourth-order valence-electron chi connectivity index (χ4n) is 0.759. The maximum absolute atomic E-state index is 10.5. The second kappa shape index (κ2) is 4.20. The van der Waals surface area contributed by atoms with E-state index in [0.29, 0.717) is 16.7 Å². The molecule has 13 heavy (non-hydrogen) atoms. The van der Waals surface area contributed by atoms with Gasteiger partial charge in [-0.2, -0.15) is 0 Å². The summed E-state index contributed by atoms with van der Waals surface area (Å²) in [5, 5.41) is 10.2. The molecule has 0 fully saturated rings. The van der Waals surface area contributed by atoms with E-state index in [-0.39, 0.29) is 5.70 Å². The van der Waals surface area contributed by atoms with Gasteiger partial charge in [-0.25, -0.2) is 10.1 Å². The van der Waals surface area contributed by atoms with Crippen molar-refractivity contribution in [2.24, 2.45) is 0 Å². The van der Waals surface area contributed by atoms with Gasteiger partial charge in [0.15, 0.2) is 6.29 Å². The minimum absolute atomic E-state index is 0.00875. The van der Waals surface area contributed by atoms with Crippen molar-refractivity contribution in [2.75, 3.05) is 0 Å². The van der Waals surface area contributed by atoms with Crippen molar-refractivity contribution in [2.45, 2.75) is 0 Å². The molecule has 0 aliphatic heterocycles. The number of rotatable bonds is 2. The average molecular weight is 188 g/mol. The molecule has 0 atom stereocenters. The molecule has 0 amide bonds. The van der Waals surface area contributed by atoms with E-state index in [1.165, 1.54) is 17.4 Å². The zero-order chi connectivity index (χ0) is 9.68. The van der Waals surface area contributed by atoms with Crippen LogP contribution in [0.1, 0.15) is 15.2 Å². The van der Waals surface area contributed by atoms with Crippen LogP contribution in [0.25, 0.3) is 10.9 Å². The number of nitriles is 1. The van der Waals surface area contributed by atoms with Gasteiger partial charge in [0.2, 0.25) is 0 Å². The fraction of sp³-hybridized carbons (Fsp3) is 0. The summed E-state index contributed by atoms with van der Waals surface area (Å²) in [6, 6.07) is 3.39. The summed E-state index contributed by atoms with van der Waals surface area (Å²) in [7, 11) is 0. The molecule has 0 bridgehead atoms. The van der Waals surface area contributed by atoms with Crippen LogP contribution < -0.4 is 0 Å². The number of carbonyl (C=O) groups is 1. The first-order chi connectivity index (χ1) is 6.31. The summed E-state index contributed by atoms with van der Waals surface area (Å²) in [4.78, 5) is 14.1. The van der Waals surface area contributed by atoms with Crippen LogP contribution in [0.2, 0.25) is 0 Å². The van der Waals surface area contributed by atoms with Gasteiger partial charge in [0.25, 0.3) is 5.70 Å². The van der Waals surface area contributed by atoms with Gasteiger partial charge in [-0.05, 0) is 17.5 Å². The third-order valence-electron chi connectivity index (χ3n) is 1.36. The number of carbonyl (C=O) groups excluding carboxylic acids is 1. The molecule has 0 radical (unpaired) electrons. The number of hydrogen-bond donors (Lipinski definition) is 0. The molecule has 0 aliphatic rings. The van der Waals surface area contributed by atoms with Crippen molar-refractivity contribution in [3.8, 4) is 6.07 Å². The summed E-state index contributed by atoms with van der Waals surface area (Å²) >= 11 is 1.33. The molecule has 0 spiro atoms. The van der Waals surface area contributed by atoms with Crippen molar-refractivity contribution in [3.63, 3.8) is 0 Å². The van der Waals surface area contributed by atoms with E-state index in [1.807, 2.05) is 0 Å². The highest BCUT2D eigenvalue weighted by Gasteiger charge is 2.01. The Morgan fingerprint density at radius 2 is 2.54 bits per heavy atom. The molecule has 1 aromatic heterocycles. The first-order valence-corrected chi connectivity index (χ1v) is 4.21. The maximum Gasteiger partial charge on any atom is 0.263 e. The molecule has 62 valence electrons. The van der Waals surface area contributed by atoms with Crippen LogP contribution in [-0.4, -0.2) is 6.29 Å². The molecule has 1 heterocycles. The lowest BCUT2D eigenvalue weighted by Crippen LogP contribution is -1.77. The minimum atomic E-state index is -0.00875. The van der Waals surface area contributed by atoms with Gasteiger partial charge in [0, 0.05) is 10.4 Å². The van der Waals surface area contributed by atoms with E-state index in [2.05, 4.69) is 4.85 Å². The van der Waals surface area contributed by atoms with E-state index in [0.717, 1.165) is 0 Å². The summed E-state index contributed by atoms with van der Waals surface area (Å²) in [6.07, 6.45) is 2.13. The lowest BCUT2D eigenvalue weighted by Gasteiger charge is -1.86. The number of aldehydes is 1. The van der Waals surface area contributed by atoms with Crippen LogP contribution in [0.4, 0.5) is 0 Å². The van der Waals surface area contributed by atoms with Crippen molar-refractivity contribution in [1.29, 1.82) is 5.26 Å². The molecule has 3 nitrogen and oxygen atoms in total. The van der Waals surface area contributed by atoms with E-state index in [1.54, 1.807) is 17.5 Å². The molecule has 0 unspecified atom stereocenters. The number of thiophene rings is 1. The van der Waals surface area contributed by atoms with E-state index < -0.39 is 0 Å². The smallest absolute Gasteiger partial charge is 0.263 e. The predicted molar refractivity (Wildman–Crippen MR) is 49.9 cm³/mol. The van der Waals surface area contributed by atoms with Crippen LogP contribution in [0.3, 0.4) is 0 Å². The standard InChI is InChI=1S/C9H4N2OS/c1-11-8(5-10)4-9-7(6-12)2-3-13-9/h2-4,6H. The quantitative estimate of drug-likeness (QED) is 0.406. The Labute approximate surface area is 79.4 Å². The molecule has 0 aliphatic carbocycles. The molecule has 1 aromatic rings. The normalized spacial score (nSPS) is 10.2. The van der Waals surface area contributed by atoms with Crippen molar-refractivity contribution in [1.82, 2.24) is 0 Å². The summed E-state index contributed by atoms with van der Waals surface area (Å²) in [5.41, 5.74) is 0.506. The topological polar surface area (TPSA) is 45.2 Å². The van der Waals surface area contributed by atoms with Gasteiger partial charge >= 0.3 is 0 Å². The summed E-state index contributed by atoms with van der Waals surface area (Å²) in [5.74, 6) is 0. The number of hydrogen-bond acceptors (Lipinski definition) is 3. The highest BCUT2D eigenvalue weighted by atomic mass is 32.1. The van der Waals surface area contributed by atoms with Gasteiger partial charge in [0.05, 0.1) is 12.6 Å². The Morgan fingerprint density at radius 3 is 3.08 bits per heavy atom. The van der Waals surface area contributed by atoms with Crippen LogP contribution >= 0.6 is 11.3 Å². The third-order valence-corrected chi connectivity index (χ3v) is 2.24. The summed E-state index contributed by atoms with van der Waals surface area (Å²) < 4.78 is 0. The lowest BCUT2D eigenvalue weighted by atomic mass is 10.2. The van der Waals surface area contributed by atoms with Gasteiger partial charge in [-0.3, -0.25) is 4.79 Å². The Balaban J connectivity index is 3.12. The van der Waals surface area contributed by atoms with Crippen molar-refractivity contribution >= 4 is 23.7 Å². The van der Waals surface area contributed by atoms with Gasteiger partial charge in [-0.15, -0.1) is 11.3 Å². The van der Waals surface area contributed by atoms with E-state index in [9.17, 15) is 4.79 Å². The zero-order valence-electron chi connectivity index (χ0n) is 6.52. The first kappa shape index (κ1) is 9.18. The van der Waals surface area contributed by atoms with Crippen LogP contribution in [0.5, 0.6) is 0 Å². The largest absolute Gasteiger partial charge is 0.298 e. The molecule has 0 saturated heterocycles. The van der Waals surface area contributed by atoms with Crippen molar-refractivity contribution in [3.05, 3.63) is 39.0 Å². The number of nitrogens with zero attached hydrogens (tertiary/aromatic N) is 2. The Morgan fingerprint density at radius 1 is 1.77 bits per heavy atom. The predicted octanol–water partition coefficient (Wildman–Crippen LogP) is 2.34. The lowest BCUT2D eigenvalue weighted by molar-refractivity contribution is 0.112. The third kappa shape index (κ3) is 2.02. The average Bonchev–Trinajstić information content (AvgIpc) is 2.61. The fourth-order valence-corrected chi connectivity index (χ4v) is 1.55. The van der Waals surface area contributed by atoms with Gasteiger partial charge in [0.1, 0.15) is 0 Å². The van der Waals surface area contributed by atoms with E-state index >= 15 is 0 Å². The highest BCUT2D eigenvalue weighted by molar-refractivity contribution is 7.11. The minimum Gasteiger partial charge on any atom is -0.298 e. The molecular weight excluding hydrogens is 184 g/mol. The van der Waals surface area contributed by atoms with E-state index in [4.69, 9.17) is 11.8 Å². The van der Waals surface area contributed by atoms with Crippen LogP contribution in [-0.2, 0) is 0 Å². The number of allylic oxidation sites excluding steroid dienone is 1. The first-order valence-electron chi connectivity index (χ1n) is 3.33. The molecule has 1 rings (SSSR count). The second-order valence-corrected chi connectivity index (χ2v) is 3.06. The van der Waals surface area contributed by atoms with Gasteiger partial charge in [-0.1, -0.05) is 0 Å². The molecule has 0 aromatic carbocycles. The maximum atomic E-state index is 10.5. The van der Waals surface area contributed by atoms with Crippen LogP contribution in [0.15, 0.2) is 17.1 Å².